The van der Waals surface area contributed by atoms with Gasteiger partial charge in [-0.25, -0.2) is 0 Å². The van der Waals surface area contributed by atoms with E-state index < -0.39 is 0 Å². The zero-order chi connectivity index (χ0) is 17.9. The fourth-order valence-corrected chi connectivity index (χ4v) is 4.03. The van der Waals surface area contributed by atoms with Gasteiger partial charge in [0.15, 0.2) is 0 Å². The van der Waals surface area contributed by atoms with E-state index in [2.05, 4.69) is 61.9 Å². The molecule has 0 amide bonds. The predicted octanol–water partition coefficient (Wildman–Crippen LogP) is 2.56. The van der Waals surface area contributed by atoms with Crippen LogP contribution >= 0.6 is 0 Å². The van der Waals surface area contributed by atoms with Crippen LogP contribution in [0.4, 0.5) is 0 Å². The minimum atomic E-state index is 0.919. The van der Waals surface area contributed by atoms with Crippen LogP contribution in [-0.2, 0) is 0 Å². The highest BCUT2D eigenvalue weighted by Gasteiger charge is 2.26. The second-order valence-electron chi connectivity index (χ2n) is 8.78. The normalized spacial score (nSPS) is 22.9. The van der Waals surface area contributed by atoms with Crippen molar-refractivity contribution in [3.05, 3.63) is 0 Å². The average molecular weight is 341 g/mol. The van der Waals surface area contributed by atoms with Gasteiger partial charge in [-0.1, -0.05) is 0 Å². The lowest BCUT2D eigenvalue weighted by atomic mass is 9.84. The Morgan fingerprint density at radius 1 is 0.667 bits per heavy atom. The summed E-state index contributed by atoms with van der Waals surface area (Å²) in [7, 11) is 13.1. The second-order valence-corrected chi connectivity index (χ2v) is 8.78. The molecule has 1 aliphatic rings. The summed E-state index contributed by atoms with van der Waals surface area (Å²) in [5.41, 5.74) is 0. The third-order valence-corrected chi connectivity index (χ3v) is 5.21. The number of nitrogens with zero attached hydrogens (tertiary/aromatic N) is 4. The van der Waals surface area contributed by atoms with Crippen LogP contribution in [0, 0.1) is 11.8 Å². The maximum Gasteiger partial charge on any atom is 0.000990 e. The van der Waals surface area contributed by atoms with Crippen LogP contribution in [0.1, 0.15) is 38.5 Å². The van der Waals surface area contributed by atoms with Crippen LogP contribution in [0.3, 0.4) is 0 Å². The zero-order valence-electron chi connectivity index (χ0n) is 17.4. The Labute approximate surface area is 152 Å². The van der Waals surface area contributed by atoms with Gasteiger partial charge in [-0.3, -0.25) is 0 Å². The molecule has 1 fully saturated rings. The van der Waals surface area contributed by atoms with Crippen LogP contribution in [0.15, 0.2) is 0 Å². The van der Waals surface area contributed by atoms with Gasteiger partial charge in [0.2, 0.25) is 0 Å². The Kier molecular flexibility index (Phi) is 11.2. The summed E-state index contributed by atoms with van der Waals surface area (Å²) in [5.74, 6) is 1.84. The van der Waals surface area contributed by atoms with Crippen molar-refractivity contribution in [3.8, 4) is 0 Å². The van der Waals surface area contributed by atoms with E-state index in [-0.39, 0.29) is 0 Å². The molecule has 24 heavy (non-hydrogen) atoms. The van der Waals surface area contributed by atoms with Gasteiger partial charge >= 0.3 is 0 Å². The van der Waals surface area contributed by atoms with Crippen molar-refractivity contribution in [2.75, 3.05) is 81.6 Å². The van der Waals surface area contributed by atoms with Crippen molar-refractivity contribution in [1.82, 2.24) is 19.6 Å². The molecule has 0 N–H and O–H groups in total. The molecule has 1 heterocycles. The molecule has 4 nitrogen and oxygen atoms in total. The van der Waals surface area contributed by atoms with Gasteiger partial charge in [0.1, 0.15) is 0 Å². The summed E-state index contributed by atoms with van der Waals surface area (Å²) in [6.07, 6.45) is 8.30. The largest absolute Gasteiger partial charge is 0.309 e. The fraction of sp³-hybridized carbons (Fsp3) is 1.00. The molecule has 0 aromatic heterocycles. The Hall–Kier alpha value is -0.160. The Morgan fingerprint density at radius 3 is 1.50 bits per heavy atom. The van der Waals surface area contributed by atoms with E-state index in [0.29, 0.717) is 0 Å². The molecule has 2 atom stereocenters. The molecule has 0 aliphatic carbocycles. The molecule has 0 aromatic carbocycles. The monoisotopic (exact) mass is 340 g/mol. The van der Waals surface area contributed by atoms with Crippen LogP contribution in [0.25, 0.3) is 0 Å². The molecule has 1 saturated heterocycles. The first kappa shape index (κ1) is 21.9. The van der Waals surface area contributed by atoms with Crippen LogP contribution in [0.2, 0.25) is 0 Å². The van der Waals surface area contributed by atoms with Gasteiger partial charge in [0.25, 0.3) is 0 Å². The molecule has 144 valence electrons. The van der Waals surface area contributed by atoms with Gasteiger partial charge in [-0.2, -0.15) is 0 Å². The molecule has 0 bridgehead atoms. The van der Waals surface area contributed by atoms with Gasteiger partial charge in [0.05, 0.1) is 0 Å². The zero-order valence-corrected chi connectivity index (χ0v) is 17.4. The maximum absolute atomic E-state index is 2.77. The van der Waals surface area contributed by atoms with Crippen LogP contribution < -0.4 is 0 Å². The first-order valence-electron chi connectivity index (χ1n) is 10.0. The number of rotatable bonds is 12. The Balaban J connectivity index is 2.41. The molecule has 1 aliphatic heterocycles. The maximum atomic E-state index is 2.77. The molecule has 0 radical (unpaired) electrons. The Bertz CT molecular complexity index is 250. The second kappa shape index (κ2) is 12.2. The lowest BCUT2D eigenvalue weighted by molar-refractivity contribution is 0.107. The molecular formula is C20H44N4. The van der Waals surface area contributed by atoms with Crippen LogP contribution in [0.5, 0.6) is 0 Å². The van der Waals surface area contributed by atoms with Gasteiger partial charge < -0.3 is 19.6 Å². The molecular weight excluding hydrogens is 296 g/mol. The first-order chi connectivity index (χ1) is 11.4. The molecule has 0 spiro atoms. The van der Waals surface area contributed by atoms with E-state index in [4.69, 9.17) is 0 Å². The smallest absolute Gasteiger partial charge is 0.000990 e. The number of piperidine rings is 1. The van der Waals surface area contributed by atoms with E-state index in [0.717, 1.165) is 11.8 Å². The highest BCUT2D eigenvalue weighted by atomic mass is 15.1. The van der Waals surface area contributed by atoms with Crippen molar-refractivity contribution in [2.24, 2.45) is 11.8 Å². The summed E-state index contributed by atoms with van der Waals surface area (Å²) in [4.78, 5) is 9.74. The van der Waals surface area contributed by atoms with Crippen LogP contribution in [-0.4, -0.2) is 101 Å². The summed E-state index contributed by atoms with van der Waals surface area (Å²) in [6.45, 7) is 7.65. The minimum absolute atomic E-state index is 0.919. The summed E-state index contributed by atoms with van der Waals surface area (Å²) < 4.78 is 0. The van der Waals surface area contributed by atoms with Gasteiger partial charge in [-0.15, -0.1) is 0 Å². The molecule has 4 heteroatoms. The standard InChI is InChI=1S/C20H44N4/c1-21(2)12-7-10-19-16-20(11-8-13-22(3)4)18-24(17-19)15-9-14-23(5)6/h19-20H,7-18H2,1-6H3. The summed E-state index contributed by atoms with van der Waals surface area (Å²) in [6, 6.07) is 0. The van der Waals surface area contributed by atoms with E-state index in [9.17, 15) is 0 Å². The summed E-state index contributed by atoms with van der Waals surface area (Å²) >= 11 is 0. The number of hydrogen-bond acceptors (Lipinski definition) is 4. The average Bonchev–Trinajstić information content (AvgIpc) is 2.46. The number of hydrogen-bond donors (Lipinski definition) is 0. The number of likely N-dealkylation sites (tertiary alicyclic amines) is 1. The van der Waals surface area contributed by atoms with Crippen molar-refractivity contribution in [3.63, 3.8) is 0 Å². The molecule has 2 unspecified atom stereocenters. The van der Waals surface area contributed by atoms with Crippen molar-refractivity contribution >= 4 is 0 Å². The third kappa shape index (κ3) is 10.7. The quantitative estimate of drug-likeness (QED) is 0.541. The first-order valence-corrected chi connectivity index (χ1v) is 10.0. The predicted molar refractivity (Wildman–Crippen MR) is 107 cm³/mol. The highest BCUT2D eigenvalue weighted by Crippen LogP contribution is 2.28. The fourth-order valence-electron chi connectivity index (χ4n) is 4.03. The van der Waals surface area contributed by atoms with E-state index in [1.807, 2.05) is 0 Å². The van der Waals surface area contributed by atoms with E-state index in [1.54, 1.807) is 0 Å². The lowest BCUT2D eigenvalue weighted by Gasteiger charge is -2.38. The molecule has 0 aromatic rings. The van der Waals surface area contributed by atoms with Crippen molar-refractivity contribution in [1.29, 1.82) is 0 Å². The van der Waals surface area contributed by atoms with E-state index >= 15 is 0 Å². The van der Waals surface area contributed by atoms with Crippen molar-refractivity contribution < 1.29 is 0 Å². The molecule has 1 rings (SSSR count). The van der Waals surface area contributed by atoms with E-state index in [1.165, 1.54) is 77.8 Å². The lowest BCUT2D eigenvalue weighted by Crippen LogP contribution is -2.42. The molecule has 0 saturated carbocycles. The van der Waals surface area contributed by atoms with Gasteiger partial charge in [-0.05, 0) is 119 Å². The topological polar surface area (TPSA) is 13.0 Å². The third-order valence-electron chi connectivity index (χ3n) is 5.21. The minimum Gasteiger partial charge on any atom is -0.309 e. The SMILES string of the molecule is CN(C)CCCC1CC(CCCN(C)C)CN(CCCN(C)C)C1. The Morgan fingerprint density at radius 2 is 1.08 bits per heavy atom. The highest BCUT2D eigenvalue weighted by molar-refractivity contribution is 4.80. The summed E-state index contributed by atoms with van der Waals surface area (Å²) in [5, 5.41) is 0. The van der Waals surface area contributed by atoms with Crippen molar-refractivity contribution in [2.45, 2.75) is 38.5 Å². The van der Waals surface area contributed by atoms with Gasteiger partial charge in [0, 0.05) is 13.1 Å².